The molecule has 0 aromatic rings. The number of carboxylic acids is 1. The molecule has 0 spiro atoms. The number of hydrogen-bond acceptors (Lipinski definition) is 4. The molecule has 0 bridgehead atoms. The molecule has 0 heterocycles. The average molecular weight is 315 g/mol. The molecule has 0 aromatic carbocycles. The lowest BCUT2D eigenvalue weighted by Crippen LogP contribution is -2.26. The Labute approximate surface area is 130 Å². The Kier molecular flexibility index (Phi) is 11.7. The standard InChI is InChI=1S/C15H25NO4S/c1-12(11-14(18)19)15(20)16-9-7-5-3-4-6-8-10-21-13(2)17/h1,3-11H2,2H3,(H,16,20)(H,18,19). The second-order valence-electron chi connectivity index (χ2n) is 4.89. The molecule has 0 aliphatic heterocycles. The minimum atomic E-state index is -1.04. The van der Waals surface area contributed by atoms with Crippen molar-refractivity contribution in [1.29, 1.82) is 0 Å². The molecule has 1 amide bonds. The molecular weight excluding hydrogens is 290 g/mol. The van der Waals surface area contributed by atoms with Crippen molar-refractivity contribution >= 4 is 28.8 Å². The first kappa shape index (κ1) is 19.7. The number of carbonyl (C=O) groups excluding carboxylic acids is 2. The van der Waals surface area contributed by atoms with E-state index in [-0.39, 0.29) is 23.0 Å². The fourth-order valence-electron chi connectivity index (χ4n) is 1.74. The molecule has 0 rings (SSSR count). The number of thioether (sulfide) groups is 1. The fourth-order valence-corrected chi connectivity index (χ4v) is 2.38. The summed E-state index contributed by atoms with van der Waals surface area (Å²) in [6.45, 7) is 5.59. The van der Waals surface area contributed by atoms with Crippen molar-refractivity contribution < 1.29 is 19.5 Å². The van der Waals surface area contributed by atoms with E-state index in [0.29, 0.717) is 6.54 Å². The van der Waals surface area contributed by atoms with Crippen LogP contribution in [0.5, 0.6) is 0 Å². The maximum absolute atomic E-state index is 11.4. The van der Waals surface area contributed by atoms with E-state index in [1.54, 1.807) is 6.92 Å². The van der Waals surface area contributed by atoms with Crippen LogP contribution in [0.15, 0.2) is 12.2 Å². The molecule has 0 saturated heterocycles. The minimum Gasteiger partial charge on any atom is -0.481 e. The summed E-state index contributed by atoms with van der Waals surface area (Å²) in [5, 5.41) is 11.4. The maximum atomic E-state index is 11.4. The van der Waals surface area contributed by atoms with Crippen molar-refractivity contribution in [2.24, 2.45) is 0 Å². The Morgan fingerprint density at radius 2 is 1.62 bits per heavy atom. The number of hydrogen-bond donors (Lipinski definition) is 2. The Balaban J connectivity index is 3.36. The Morgan fingerprint density at radius 1 is 1.05 bits per heavy atom. The lowest BCUT2D eigenvalue weighted by atomic mass is 10.1. The van der Waals surface area contributed by atoms with E-state index in [2.05, 4.69) is 11.9 Å². The summed E-state index contributed by atoms with van der Waals surface area (Å²) in [4.78, 5) is 32.6. The van der Waals surface area contributed by atoms with Gasteiger partial charge in [-0.05, 0) is 12.8 Å². The number of nitrogens with one attached hydrogen (secondary N) is 1. The third-order valence-electron chi connectivity index (χ3n) is 2.85. The maximum Gasteiger partial charge on any atom is 0.308 e. The van der Waals surface area contributed by atoms with Crippen LogP contribution in [-0.2, 0) is 14.4 Å². The van der Waals surface area contributed by atoms with Gasteiger partial charge in [0.05, 0.1) is 6.42 Å². The van der Waals surface area contributed by atoms with E-state index in [4.69, 9.17) is 5.11 Å². The highest BCUT2D eigenvalue weighted by Crippen LogP contribution is 2.10. The molecule has 21 heavy (non-hydrogen) atoms. The normalized spacial score (nSPS) is 10.1. The van der Waals surface area contributed by atoms with Gasteiger partial charge in [-0.15, -0.1) is 0 Å². The summed E-state index contributed by atoms with van der Waals surface area (Å²) < 4.78 is 0. The number of amides is 1. The molecular formula is C15H25NO4S. The molecule has 5 nitrogen and oxygen atoms in total. The van der Waals surface area contributed by atoms with Gasteiger partial charge in [-0.25, -0.2) is 0 Å². The van der Waals surface area contributed by atoms with Crippen LogP contribution in [0.4, 0.5) is 0 Å². The van der Waals surface area contributed by atoms with Crippen LogP contribution in [0, 0.1) is 0 Å². The van der Waals surface area contributed by atoms with Crippen LogP contribution < -0.4 is 5.32 Å². The first-order chi connectivity index (χ1) is 9.93. The average Bonchev–Trinajstić information content (AvgIpc) is 2.39. The van der Waals surface area contributed by atoms with Crippen molar-refractivity contribution in [2.45, 2.75) is 51.9 Å². The van der Waals surface area contributed by atoms with Crippen LogP contribution in [0.3, 0.4) is 0 Å². The van der Waals surface area contributed by atoms with Crippen molar-refractivity contribution in [3.05, 3.63) is 12.2 Å². The van der Waals surface area contributed by atoms with Gasteiger partial charge in [-0.1, -0.05) is 44.0 Å². The quantitative estimate of drug-likeness (QED) is 0.427. The number of carboxylic acid groups (broad SMARTS) is 1. The van der Waals surface area contributed by atoms with Gasteiger partial charge in [0.15, 0.2) is 5.12 Å². The molecule has 2 N–H and O–H groups in total. The van der Waals surface area contributed by atoms with E-state index < -0.39 is 5.97 Å². The molecule has 6 heteroatoms. The van der Waals surface area contributed by atoms with Gasteiger partial charge in [-0.2, -0.15) is 0 Å². The SMILES string of the molecule is C=C(CC(=O)O)C(=O)NCCCCCCCCSC(C)=O. The first-order valence-corrected chi connectivity index (χ1v) is 8.23. The summed E-state index contributed by atoms with van der Waals surface area (Å²) in [6.07, 6.45) is 6.04. The van der Waals surface area contributed by atoms with Crippen molar-refractivity contribution in [1.82, 2.24) is 5.32 Å². The summed E-state index contributed by atoms with van der Waals surface area (Å²) in [7, 11) is 0. The number of rotatable bonds is 12. The van der Waals surface area contributed by atoms with Crippen molar-refractivity contribution in [2.75, 3.05) is 12.3 Å². The smallest absolute Gasteiger partial charge is 0.308 e. The summed E-state index contributed by atoms with van der Waals surface area (Å²) in [5.74, 6) is -0.520. The van der Waals surface area contributed by atoms with E-state index in [1.807, 2.05) is 0 Å². The predicted molar refractivity (Wildman–Crippen MR) is 85.2 cm³/mol. The first-order valence-electron chi connectivity index (χ1n) is 7.24. The second-order valence-corrected chi connectivity index (χ2v) is 6.16. The van der Waals surface area contributed by atoms with Crippen LogP contribution in [0.1, 0.15) is 51.9 Å². The minimum absolute atomic E-state index is 0.0884. The van der Waals surface area contributed by atoms with Gasteiger partial charge < -0.3 is 10.4 Å². The van der Waals surface area contributed by atoms with Crippen molar-refractivity contribution in [3.8, 4) is 0 Å². The van der Waals surface area contributed by atoms with Crippen LogP contribution in [0.2, 0.25) is 0 Å². The van der Waals surface area contributed by atoms with Gasteiger partial charge in [-0.3, -0.25) is 14.4 Å². The summed E-state index contributed by atoms with van der Waals surface area (Å²) in [5.41, 5.74) is 0.0884. The van der Waals surface area contributed by atoms with E-state index >= 15 is 0 Å². The third-order valence-corrected chi connectivity index (χ3v) is 3.75. The molecule has 0 atom stereocenters. The van der Waals surface area contributed by atoms with Gasteiger partial charge >= 0.3 is 5.97 Å². The number of unbranched alkanes of at least 4 members (excludes halogenated alkanes) is 5. The molecule has 0 aromatic heterocycles. The van der Waals surface area contributed by atoms with Gasteiger partial charge in [0.25, 0.3) is 0 Å². The molecule has 0 unspecified atom stereocenters. The fraction of sp³-hybridized carbons (Fsp3) is 0.667. The monoisotopic (exact) mass is 315 g/mol. The van der Waals surface area contributed by atoms with E-state index in [0.717, 1.165) is 44.3 Å². The molecule has 0 saturated carbocycles. The lowest BCUT2D eigenvalue weighted by molar-refractivity contribution is -0.137. The van der Waals surface area contributed by atoms with Gasteiger partial charge in [0, 0.05) is 24.8 Å². The topological polar surface area (TPSA) is 83.5 Å². The van der Waals surface area contributed by atoms with Crippen LogP contribution in [0.25, 0.3) is 0 Å². The van der Waals surface area contributed by atoms with Crippen molar-refractivity contribution in [3.63, 3.8) is 0 Å². The van der Waals surface area contributed by atoms with E-state index in [9.17, 15) is 14.4 Å². The summed E-state index contributed by atoms with van der Waals surface area (Å²) in [6, 6.07) is 0. The molecule has 0 radical (unpaired) electrons. The largest absolute Gasteiger partial charge is 0.481 e. The Bertz CT molecular complexity index is 369. The van der Waals surface area contributed by atoms with Gasteiger partial charge in [0.2, 0.25) is 5.91 Å². The van der Waals surface area contributed by atoms with Crippen LogP contribution in [-0.4, -0.2) is 34.4 Å². The Hall–Kier alpha value is -1.30. The van der Waals surface area contributed by atoms with Gasteiger partial charge in [0.1, 0.15) is 0 Å². The zero-order chi connectivity index (χ0) is 16.1. The zero-order valence-electron chi connectivity index (χ0n) is 12.7. The highest BCUT2D eigenvalue weighted by molar-refractivity contribution is 8.13. The molecule has 0 aliphatic rings. The predicted octanol–water partition coefficient (Wildman–Crippen LogP) is 2.75. The number of aliphatic carboxylic acids is 1. The highest BCUT2D eigenvalue weighted by atomic mass is 32.2. The Morgan fingerprint density at radius 3 is 2.19 bits per heavy atom. The summed E-state index contributed by atoms with van der Waals surface area (Å²) >= 11 is 1.38. The van der Waals surface area contributed by atoms with Crippen LogP contribution >= 0.6 is 11.8 Å². The highest BCUT2D eigenvalue weighted by Gasteiger charge is 2.09. The molecule has 0 fully saturated rings. The second kappa shape index (κ2) is 12.4. The zero-order valence-corrected chi connectivity index (χ0v) is 13.5. The molecule has 0 aliphatic carbocycles. The molecule has 120 valence electrons. The lowest BCUT2D eigenvalue weighted by Gasteiger charge is -2.06. The third kappa shape index (κ3) is 13.4. The van der Waals surface area contributed by atoms with E-state index in [1.165, 1.54) is 11.8 Å². The number of carbonyl (C=O) groups is 3.